The zero-order valence-electron chi connectivity index (χ0n) is 14.4. The van der Waals surface area contributed by atoms with Gasteiger partial charge in [0.15, 0.2) is 0 Å². The number of carbonyl (C=O) groups is 2. The molecular formula is C18H23N5O2. The van der Waals surface area contributed by atoms with Crippen LogP contribution < -0.4 is 5.32 Å². The third kappa shape index (κ3) is 4.67. The van der Waals surface area contributed by atoms with Crippen molar-refractivity contribution in [2.45, 2.75) is 6.54 Å². The number of hydrogen-bond acceptors (Lipinski definition) is 4. The number of piperazine rings is 1. The normalized spacial score (nSPS) is 15.2. The van der Waals surface area contributed by atoms with Gasteiger partial charge in [0.1, 0.15) is 5.69 Å². The average molecular weight is 341 g/mol. The number of nitrogens with one attached hydrogen (secondary N) is 1. The van der Waals surface area contributed by atoms with Crippen LogP contribution >= 0.6 is 0 Å². The van der Waals surface area contributed by atoms with E-state index >= 15 is 0 Å². The summed E-state index contributed by atoms with van der Waals surface area (Å²) in [6.45, 7) is 3.97. The van der Waals surface area contributed by atoms with E-state index in [2.05, 4.69) is 27.4 Å². The number of amides is 2. The molecule has 3 rings (SSSR count). The number of aryl methyl sites for hydroxylation is 1. The first-order chi connectivity index (χ1) is 12.1. The predicted molar refractivity (Wildman–Crippen MR) is 93.8 cm³/mol. The van der Waals surface area contributed by atoms with Gasteiger partial charge in [0, 0.05) is 46.0 Å². The molecule has 0 saturated carbocycles. The Bertz CT molecular complexity index is 720. The average Bonchev–Trinajstić information content (AvgIpc) is 3.07. The minimum absolute atomic E-state index is 0.00803. The van der Waals surface area contributed by atoms with Gasteiger partial charge in [-0.2, -0.15) is 5.10 Å². The Balaban J connectivity index is 1.41. The van der Waals surface area contributed by atoms with E-state index < -0.39 is 0 Å². The molecule has 0 bridgehead atoms. The van der Waals surface area contributed by atoms with Crippen molar-refractivity contribution in [3.05, 3.63) is 53.9 Å². The number of nitrogens with zero attached hydrogens (tertiary/aromatic N) is 4. The lowest BCUT2D eigenvalue weighted by atomic mass is 10.2. The Morgan fingerprint density at radius 1 is 1.08 bits per heavy atom. The summed E-state index contributed by atoms with van der Waals surface area (Å²) in [5.41, 5.74) is 1.60. The third-order valence-corrected chi connectivity index (χ3v) is 4.32. The molecular weight excluding hydrogens is 318 g/mol. The van der Waals surface area contributed by atoms with Gasteiger partial charge >= 0.3 is 0 Å². The smallest absolute Gasteiger partial charge is 0.272 e. The molecule has 7 heteroatoms. The molecule has 0 atom stereocenters. The Morgan fingerprint density at radius 2 is 1.80 bits per heavy atom. The van der Waals surface area contributed by atoms with E-state index in [9.17, 15) is 9.59 Å². The molecule has 1 aromatic carbocycles. The minimum Gasteiger partial charge on any atom is -0.342 e. The molecule has 1 aromatic heterocycles. The first-order valence-corrected chi connectivity index (χ1v) is 8.44. The molecule has 132 valence electrons. The maximum absolute atomic E-state index is 12.3. The summed E-state index contributed by atoms with van der Waals surface area (Å²) in [5.74, 6) is -0.375. The fourth-order valence-corrected chi connectivity index (χ4v) is 2.89. The quantitative estimate of drug-likeness (QED) is 0.859. The molecule has 1 fully saturated rings. The van der Waals surface area contributed by atoms with Crippen LogP contribution in [0.15, 0.2) is 42.6 Å². The second kappa shape index (κ2) is 7.94. The van der Waals surface area contributed by atoms with Crippen molar-refractivity contribution in [3.8, 4) is 0 Å². The summed E-state index contributed by atoms with van der Waals surface area (Å²) >= 11 is 0. The van der Waals surface area contributed by atoms with E-state index in [0.717, 1.165) is 19.6 Å². The second-order valence-electron chi connectivity index (χ2n) is 6.20. The highest BCUT2D eigenvalue weighted by atomic mass is 16.2. The van der Waals surface area contributed by atoms with Crippen molar-refractivity contribution in [3.63, 3.8) is 0 Å². The molecule has 0 spiro atoms. The monoisotopic (exact) mass is 341 g/mol. The third-order valence-electron chi connectivity index (χ3n) is 4.32. The van der Waals surface area contributed by atoms with E-state index in [1.807, 2.05) is 18.2 Å². The largest absolute Gasteiger partial charge is 0.342 e. The zero-order chi connectivity index (χ0) is 17.6. The molecule has 0 radical (unpaired) electrons. The van der Waals surface area contributed by atoms with Crippen LogP contribution in [0.3, 0.4) is 0 Å². The first-order valence-electron chi connectivity index (χ1n) is 8.44. The van der Waals surface area contributed by atoms with Crippen LogP contribution in [-0.2, 0) is 18.4 Å². The van der Waals surface area contributed by atoms with Gasteiger partial charge in [0.25, 0.3) is 5.91 Å². The molecule has 25 heavy (non-hydrogen) atoms. The van der Waals surface area contributed by atoms with Gasteiger partial charge < -0.3 is 10.2 Å². The summed E-state index contributed by atoms with van der Waals surface area (Å²) in [7, 11) is 1.75. The van der Waals surface area contributed by atoms with Gasteiger partial charge in [-0.3, -0.25) is 19.2 Å². The molecule has 1 aliphatic rings. The highest BCUT2D eigenvalue weighted by Gasteiger charge is 2.21. The Labute approximate surface area is 147 Å². The van der Waals surface area contributed by atoms with Gasteiger partial charge in [-0.05, 0) is 11.6 Å². The van der Waals surface area contributed by atoms with Gasteiger partial charge in [-0.15, -0.1) is 0 Å². The highest BCUT2D eigenvalue weighted by molar-refractivity contribution is 5.94. The van der Waals surface area contributed by atoms with Crippen molar-refractivity contribution >= 4 is 11.8 Å². The van der Waals surface area contributed by atoms with Crippen molar-refractivity contribution in [1.82, 2.24) is 24.9 Å². The minimum atomic E-state index is -0.323. The number of aromatic nitrogens is 2. The van der Waals surface area contributed by atoms with Gasteiger partial charge in [0.2, 0.25) is 5.91 Å². The molecule has 0 unspecified atom stereocenters. The van der Waals surface area contributed by atoms with Crippen LogP contribution in [0.5, 0.6) is 0 Å². The van der Waals surface area contributed by atoms with Crippen LogP contribution in [0.25, 0.3) is 0 Å². The first kappa shape index (κ1) is 17.2. The van der Waals surface area contributed by atoms with E-state index in [1.54, 1.807) is 28.9 Å². The van der Waals surface area contributed by atoms with Gasteiger partial charge in [-0.1, -0.05) is 30.3 Å². The van der Waals surface area contributed by atoms with Crippen molar-refractivity contribution in [2.75, 3.05) is 32.7 Å². The molecule has 1 saturated heterocycles. The fourth-order valence-electron chi connectivity index (χ4n) is 2.89. The van der Waals surface area contributed by atoms with E-state index in [4.69, 9.17) is 0 Å². The van der Waals surface area contributed by atoms with Crippen LogP contribution in [0.1, 0.15) is 16.1 Å². The maximum atomic E-state index is 12.3. The Hall–Kier alpha value is -2.67. The zero-order valence-corrected chi connectivity index (χ0v) is 14.4. The number of carbonyl (C=O) groups excluding carboxylic acids is 2. The maximum Gasteiger partial charge on any atom is 0.272 e. The van der Waals surface area contributed by atoms with Crippen molar-refractivity contribution in [1.29, 1.82) is 0 Å². The molecule has 2 heterocycles. The van der Waals surface area contributed by atoms with E-state index in [0.29, 0.717) is 18.8 Å². The van der Waals surface area contributed by atoms with Crippen LogP contribution in [0.4, 0.5) is 0 Å². The van der Waals surface area contributed by atoms with Crippen LogP contribution in [0.2, 0.25) is 0 Å². The summed E-state index contributed by atoms with van der Waals surface area (Å²) in [6.07, 6.45) is 1.70. The second-order valence-corrected chi connectivity index (χ2v) is 6.20. The summed E-state index contributed by atoms with van der Waals surface area (Å²) in [4.78, 5) is 28.4. The Kier molecular flexibility index (Phi) is 5.45. The van der Waals surface area contributed by atoms with E-state index in [-0.39, 0.29) is 18.4 Å². The summed E-state index contributed by atoms with van der Waals surface area (Å²) in [5, 5.41) is 6.66. The Morgan fingerprint density at radius 3 is 2.44 bits per heavy atom. The topological polar surface area (TPSA) is 70.5 Å². The number of benzene rings is 1. The molecule has 7 nitrogen and oxygen atoms in total. The SMILES string of the molecule is Cn1ccc(C(=O)NCC(=O)N2CCN(Cc3ccccc3)CC2)n1. The van der Waals surface area contributed by atoms with Crippen LogP contribution in [-0.4, -0.2) is 64.1 Å². The van der Waals surface area contributed by atoms with Crippen molar-refractivity contribution in [2.24, 2.45) is 7.05 Å². The lowest BCUT2D eigenvalue weighted by Crippen LogP contribution is -2.50. The highest BCUT2D eigenvalue weighted by Crippen LogP contribution is 2.08. The molecule has 2 aromatic rings. The summed E-state index contributed by atoms with van der Waals surface area (Å²) in [6, 6.07) is 12.0. The van der Waals surface area contributed by atoms with Crippen molar-refractivity contribution < 1.29 is 9.59 Å². The van der Waals surface area contributed by atoms with Crippen LogP contribution in [0, 0.1) is 0 Å². The van der Waals surface area contributed by atoms with E-state index in [1.165, 1.54) is 5.56 Å². The molecule has 0 aliphatic carbocycles. The summed E-state index contributed by atoms with van der Waals surface area (Å²) < 4.78 is 1.56. The standard InChI is InChI=1S/C18H23N5O2/c1-21-8-7-16(20-21)18(25)19-13-17(24)23-11-9-22(10-12-23)14-15-5-3-2-4-6-15/h2-8H,9-14H2,1H3,(H,19,25). The predicted octanol–water partition coefficient (Wildman–Crippen LogP) is 0.494. The lowest BCUT2D eigenvalue weighted by molar-refractivity contribution is -0.131. The molecule has 2 amide bonds. The van der Waals surface area contributed by atoms with Gasteiger partial charge in [0.05, 0.1) is 6.54 Å². The molecule has 1 N–H and O–H groups in total. The number of hydrogen-bond donors (Lipinski definition) is 1. The van der Waals surface area contributed by atoms with Gasteiger partial charge in [-0.25, -0.2) is 0 Å². The lowest BCUT2D eigenvalue weighted by Gasteiger charge is -2.34. The number of rotatable bonds is 5. The molecule has 1 aliphatic heterocycles. The fraction of sp³-hybridized carbons (Fsp3) is 0.389.